The maximum absolute atomic E-state index is 15.3. The van der Waals surface area contributed by atoms with Gasteiger partial charge in [0.05, 0.1) is 33.4 Å². The van der Waals surface area contributed by atoms with Crippen molar-refractivity contribution in [1.29, 1.82) is 0 Å². The van der Waals surface area contributed by atoms with E-state index in [0.29, 0.717) is 6.07 Å². The van der Waals surface area contributed by atoms with Crippen LogP contribution < -0.4 is 10.6 Å². The molecule has 3 aromatic rings. The topological polar surface area (TPSA) is 67.7 Å². The van der Waals surface area contributed by atoms with Crippen LogP contribution in [0.4, 0.5) is 27.8 Å². The number of amides is 1. The molecule has 3 aliphatic heterocycles. The number of alkyl halides is 3. The Balaban J connectivity index is 1.62. The summed E-state index contributed by atoms with van der Waals surface area (Å²) in [6, 6.07) is 0.00117. The summed E-state index contributed by atoms with van der Waals surface area (Å²) in [6.07, 6.45) is -5.03. The molecule has 14 heteroatoms. The fourth-order valence-corrected chi connectivity index (χ4v) is 7.65. The minimum Gasteiger partial charge on any atom is -0.380 e. The van der Waals surface area contributed by atoms with E-state index in [1.54, 1.807) is 18.7 Å². The van der Waals surface area contributed by atoms with Crippen molar-refractivity contribution in [1.82, 2.24) is 14.5 Å². The van der Waals surface area contributed by atoms with Gasteiger partial charge in [-0.2, -0.15) is 18.2 Å². The highest BCUT2D eigenvalue weighted by atomic mass is 35.5. The highest BCUT2D eigenvalue weighted by Crippen LogP contribution is 2.51. The highest BCUT2D eigenvalue weighted by Gasteiger charge is 2.45. The van der Waals surface area contributed by atoms with Gasteiger partial charge in [-0.25, -0.2) is 13.6 Å². The van der Waals surface area contributed by atoms with Crippen LogP contribution in [-0.2, 0) is 22.3 Å². The van der Waals surface area contributed by atoms with E-state index in [1.165, 1.54) is 9.47 Å². The molecule has 1 spiro atoms. The Bertz CT molecular complexity index is 1880. The van der Waals surface area contributed by atoms with Gasteiger partial charge in [0, 0.05) is 70.4 Å². The van der Waals surface area contributed by atoms with Crippen molar-refractivity contribution in [2.75, 3.05) is 37.0 Å². The van der Waals surface area contributed by atoms with Gasteiger partial charge in [0.15, 0.2) is 0 Å². The van der Waals surface area contributed by atoms with Gasteiger partial charge in [-0.05, 0) is 32.0 Å². The SMILES string of the molecule is [2H]C([2H])=C([2H])C(=O)N1C[C@H](C)N(c2nc(=O)n3c4c(c(-c5cc(Cl)c(F)cc5F)c(C(F)(F)F)cc24)SCC2(COC2)C3)C[C@H]1C. The number of piperazine rings is 1. The van der Waals surface area contributed by atoms with Gasteiger partial charge in [-0.3, -0.25) is 9.36 Å². The van der Waals surface area contributed by atoms with E-state index < -0.39 is 81.2 Å². The summed E-state index contributed by atoms with van der Waals surface area (Å²) in [5.74, 6) is -3.06. The summed E-state index contributed by atoms with van der Waals surface area (Å²) < 4.78 is 104. The number of ether oxygens (including phenoxy) is 1. The Hall–Kier alpha value is -3.16. The van der Waals surface area contributed by atoms with Crippen LogP contribution in [0.25, 0.3) is 22.0 Å². The number of aromatic nitrogens is 2. The van der Waals surface area contributed by atoms with Crippen LogP contribution in [0.2, 0.25) is 5.02 Å². The minimum atomic E-state index is -5.03. The van der Waals surface area contributed by atoms with E-state index in [1.807, 2.05) is 0 Å². The van der Waals surface area contributed by atoms with Crippen molar-refractivity contribution >= 4 is 46.0 Å². The normalized spacial score (nSPS) is 22.5. The van der Waals surface area contributed by atoms with Crippen molar-refractivity contribution in [3.05, 3.63) is 63.5 Å². The van der Waals surface area contributed by atoms with Crippen LogP contribution in [-0.4, -0.2) is 64.5 Å². The van der Waals surface area contributed by atoms with Crippen LogP contribution in [0.5, 0.6) is 0 Å². The number of thioether (sulfide) groups is 1. The molecule has 0 aliphatic carbocycles. The average molecular weight is 644 g/mol. The van der Waals surface area contributed by atoms with Crippen molar-refractivity contribution < 1.29 is 35.6 Å². The monoisotopic (exact) mass is 643 g/mol. The highest BCUT2D eigenvalue weighted by molar-refractivity contribution is 7.99. The third-order valence-corrected chi connectivity index (χ3v) is 9.97. The molecule has 2 saturated heterocycles. The molecule has 1 aromatic heterocycles. The molecule has 6 rings (SSSR count). The Kier molecular flexibility index (Phi) is 6.40. The van der Waals surface area contributed by atoms with Crippen LogP contribution in [0.1, 0.15) is 23.5 Å². The van der Waals surface area contributed by atoms with Gasteiger partial charge in [-0.1, -0.05) is 18.1 Å². The molecule has 0 N–H and O–H groups in total. The molecule has 0 bridgehead atoms. The molecule has 2 aromatic carbocycles. The molecule has 7 nitrogen and oxygen atoms in total. The molecule has 4 heterocycles. The number of halogens is 6. The second-order valence-electron chi connectivity index (χ2n) is 11.3. The first kappa shape index (κ1) is 26.3. The number of rotatable bonds is 3. The zero-order valence-electron chi connectivity index (χ0n) is 25.8. The van der Waals surface area contributed by atoms with Gasteiger partial charge < -0.3 is 14.5 Å². The molecule has 0 unspecified atom stereocenters. The first-order valence-electron chi connectivity index (χ1n) is 14.8. The number of anilines is 1. The summed E-state index contributed by atoms with van der Waals surface area (Å²) in [6.45, 7) is 2.90. The maximum Gasteiger partial charge on any atom is 0.417 e. The Morgan fingerprint density at radius 3 is 2.63 bits per heavy atom. The van der Waals surface area contributed by atoms with Gasteiger partial charge >= 0.3 is 11.9 Å². The zero-order chi connectivity index (χ0) is 33.5. The number of nitrogens with zero attached hydrogens (tertiary/aromatic N) is 4. The van der Waals surface area contributed by atoms with Gasteiger partial charge in [0.2, 0.25) is 5.91 Å². The number of carbonyl (C=O) groups is 1. The number of carbonyl (C=O) groups excluding carboxylic acids is 1. The number of hydrogen-bond acceptors (Lipinski definition) is 6. The molecule has 228 valence electrons. The molecule has 0 saturated carbocycles. The van der Waals surface area contributed by atoms with Crippen LogP contribution in [0.3, 0.4) is 0 Å². The Morgan fingerprint density at radius 1 is 1.23 bits per heavy atom. The molecule has 43 heavy (non-hydrogen) atoms. The second-order valence-corrected chi connectivity index (χ2v) is 12.7. The lowest BCUT2D eigenvalue weighted by molar-refractivity contribution is -0.137. The quantitative estimate of drug-likeness (QED) is 0.206. The lowest BCUT2D eigenvalue weighted by Crippen LogP contribution is -2.58. The second kappa shape index (κ2) is 10.5. The van der Waals surface area contributed by atoms with Crippen molar-refractivity contribution in [2.24, 2.45) is 5.41 Å². The van der Waals surface area contributed by atoms with Crippen molar-refractivity contribution in [2.45, 2.75) is 43.5 Å². The first-order chi connectivity index (χ1) is 21.5. The molecule has 3 aliphatic rings. The van der Waals surface area contributed by atoms with E-state index in [2.05, 4.69) is 4.98 Å². The molecule has 0 radical (unpaired) electrons. The van der Waals surface area contributed by atoms with E-state index in [0.717, 1.165) is 23.9 Å². The van der Waals surface area contributed by atoms with Crippen molar-refractivity contribution in [3.63, 3.8) is 0 Å². The zero-order valence-corrected chi connectivity index (χ0v) is 24.4. The summed E-state index contributed by atoms with van der Waals surface area (Å²) in [4.78, 5) is 33.8. The fraction of sp³-hybridized carbons (Fsp3) is 0.414. The maximum atomic E-state index is 15.3. The fourth-order valence-electron chi connectivity index (χ4n) is 6.05. The first-order valence-corrected chi connectivity index (χ1v) is 14.7. The largest absolute Gasteiger partial charge is 0.417 e. The van der Waals surface area contributed by atoms with Crippen LogP contribution in [0, 0.1) is 17.0 Å². The molecule has 2 atom stereocenters. The third-order valence-electron chi connectivity index (χ3n) is 8.24. The summed E-state index contributed by atoms with van der Waals surface area (Å²) in [7, 11) is 0. The lowest BCUT2D eigenvalue weighted by Gasteiger charge is -2.44. The average Bonchev–Trinajstić information content (AvgIpc) is 3.15. The van der Waals surface area contributed by atoms with Gasteiger partial charge in [0.25, 0.3) is 0 Å². The predicted octanol–water partition coefficient (Wildman–Crippen LogP) is 5.75. The minimum absolute atomic E-state index is 0.00261. The Morgan fingerprint density at radius 2 is 1.98 bits per heavy atom. The van der Waals surface area contributed by atoms with E-state index in [-0.39, 0.29) is 60.2 Å². The summed E-state index contributed by atoms with van der Waals surface area (Å²) in [5.41, 5.74) is -3.60. The van der Waals surface area contributed by atoms with E-state index >= 15 is 4.39 Å². The number of benzene rings is 2. The smallest absolute Gasteiger partial charge is 0.380 e. The Labute approximate surface area is 256 Å². The lowest BCUT2D eigenvalue weighted by atomic mass is 9.88. The van der Waals surface area contributed by atoms with Crippen LogP contribution in [0.15, 0.2) is 40.5 Å². The standard InChI is InChI=1S/C29H26ClF5N4O3S/c1-4-22(40)37-8-15(3)38(9-14(37)2)26-17-5-18(29(33,34)35)23(16-6-19(30)21(32)7-20(16)31)25-24(17)39(27(41)36-26)10-28(13-43-25)11-42-12-28/h4-7,14-15H,1,8-13H2,2-3H3/t14-,15+/m1/s1/i1D2,4D. The van der Waals surface area contributed by atoms with Crippen molar-refractivity contribution in [3.8, 4) is 11.1 Å². The molecule has 2 fully saturated rings. The third kappa shape index (κ3) is 4.89. The summed E-state index contributed by atoms with van der Waals surface area (Å²) >= 11 is 6.97. The van der Waals surface area contributed by atoms with E-state index in [4.69, 9.17) is 20.5 Å². The van der Waals surface area contributed by atoms with Gasteiger partial charge in [-0.15, -0.1) is 11.8 Å². The molecular formula is C29H26ClF5N4O3S. The number of hydrogen-bond donors (Lipinski definition) is 0. The van der Waals surface area contributed by atoms with E-state index in [9.17, 15) is 27.2 Å². The predicted molar refractivity (Wildman–Crippen MR) is 154 cm³/mol. The summed E-state index contributed by atoms with van der Waals surface area (Å²) in [5, 5.41) is -0.598. The molecule has 1 amide bonds. The van der Waals surface area contributed by atoms with Gasteiger partial charge in [0.1, 0.15) is 17.5 Å². The molecular weight excluding hydrogens is 615 g/mol. The van der Waals surface area contributed by atoms with Crippen LogP contribution >= 0.6 is 23.4 Å².